The SMILES string of the molecule is CC(C)(CN)C(=O)Nn1cnc2ccccc21. The molecule has 0 unspecified atom stereocenters. The Bertz CT molecular complexity index is 544. The van der Waals surface area contributed by atoms with E-state index >= 15 is 0 Å². The van der Waals surface area contributed by atoms with Gasteiger partial charge in [0.2, 0.25) is 5.91 Å². The summed E-state index contributed by atoms with van der Waals surface area (Å²) in [6.45, 7) is 3.91. The Morgan fingerprint density at radius 3 is 2.88 bits per heavy atom. The number of carbonyl (C=O) groups excluding carboxylic acids is 1. The number of para-hydroxylation sites is 2. The number of nitrogens with two attached hydrogens (primary N) is 1. The van der Waals surface area contributed by atoms with Crippen molar-refractivity contribution < 1.29 is 4.79 Å². The van der Waals surface area contributed by atoms with Gasteiger partial charge in [0.15, 0.2) is 0 Å². The van der Waals surface area contributed by atoms with E-state index in [1.54, 1.807) is 24.9 Å². The van der Waals surface area contributed by atoms with Gasteiger partial charge in [0, 0.05) is 6.54 Å². The van der Waals surface area contributed by atoms with Gasteiger partial charge in [-0.1, -0.05) is 12.1 Å². The highest BCUT2D eigenvalue weighted by Gasteiger charge is 2.26. The Balaban J connectivity index is 2.28. The summed E-state index contributed by atoms with van der Waals surface area (Å²) >= 11 is 0. The van der Waals surface area contributed by atoms with E-state index in [1.807, 2.05) is 24.3 Å². The summed E-state index contributed by atoms with van der Waals surface area (Å²) in [7, 11) is 0. The Morgan fingerprint density at radius 2 is 2.18 bits per heavy atom. The van der Waals surface area contributed by atoms with Crippen molar-refractivity contribution in [3.8, 4) is 0 Å². The van der Waals surface area contributed by atoms with Crippen molar-refractivity contribution in [1.82, 2.24) is 9.66 Å². The maximum absolute atomic E-state index is 12.0. The van der Waals surface area contributed by atoms with Crippen LogP contribution in [0.25, 0.3) is 11.0 Å². The van der Waals surface area contributed by atoms with E-state index in [0.717, 1.165) is 11.0 Å². The highest BCUT2D eigenvalue weighted by Crippen LogP contribution is 2.15. The Labute approximate surface area is 99.6 Å². The van der Waals surface area contributed by atoms with Crippen LogP contribution in [0.3, 0.4) is 0 Å². The molecule has 0 radical (unpaired) electrons. The third kappa shape index (κ3) is 2.14. The molecule has 0 saturated heterocycles. The Kier molecular flexibility index (Phi) is 2.85. The normalized spacial score (nSPS) is 11.7. The number of nitrogens with zero attached hydrogens (tertiary/aromatic N) is 2. The molecule has 1 heterocycles. The highest BCUT2D eigenvalue weighted by atomic mass is 16.2. The zero-order chi connectivity index (χ0) is 12.5. The van der Waals surface area contributed by atoms with Gasteiger partial charge in [-0.15, -0.1) is 0 Å². The van der Waals surface area contributed by atoms with Gasteiger partial charge in [-0.25, -0.2) is 9.66 Å². The van der Waals surface area contributed by atoms with Gasteiger partial charge >= 0.3 is 0 Å². The van der Waals surface area contributed by atoms with Gasteiger partial charge in [0.1, 0.15) is 6.33 Å². The second-order valence-electron chi connectivity index (χ2n) is 4.63. The summed E-state index contributed by atoms with van der Waals surface area (Å²) in [6, 6.07) is 7.61. The van der Waals surface area contributed by atoms with Crippen LogP contribution in [-0.4, -0.2) is 22.1 Å². The third-order valence-corrected chi connectivity index (χ3v) is 2.80. The predicted octanol–water partition coefficient (Wildman–Crippen LogP) is 1.09. The largest absolute Gasteiger partial charge is 0.329 e. The van der Waals surface area contributed by atoms with Gasteiger partial charge in [0.25, 0.3) is 0 Å². The van der Waals surface area contributed by atoms with E-state index in [4.69, 9.17) is 5.73 Å². The topological polar surface area (TPSA) is 72.9 Å². The van der Waals surface area contributed by atoms with Gasteiger partial charge in [-0.2, -0.15) is 0 Å². The van der Waals surface area contributed by atoms with Crippen molar-refractivity contribution in [3.05, 3.63) is 30.6 Å². The number of carbonyl (C=O) groups is 1. The van der Waals surface area contributed by atoms with Crippen LogP contribution in [0.2, 0.25) is 0 Å². The van der Waals surface area contributed by atoms with E-state index in [2.05, 4.69) is 10.4 Å². The van der Waals surface area contributed by atoms with Crippen molar-refractivity contribution in [2.24, 2.45) is 11.1 Å². The fourth-order valence-corrected chi connectivity index (χ4v) is 1.40. The summed E-state index contributed by atoms with van der Waals surface area (Å²) in [5.41, 5.74) is 9.48. The van der Waals surface area contributed by atoms with Crippen LogP contribution >= 0.6 is 0 Å². The zero-order valence-electron chi connectivity index (χ0n) is 9.97. The van der Waals surface area contributed by atoms with E-state index in [9.17, 15) is 4.79 Å². The summed E-state index contributed by atoms with van der Waals surface area (Å²) < 4.78 is 1.62. The van der Waals surface area contributed by atoms with Crippen LogP contribution in [0.1, 0.15) is 13.8 Å². The van der Waals surface area contributed by atoms with Crippen LogP contribution < -0.4 is 11.2 Å². The first kappa shape index (κ1) is 11.6. The number of rotatable bonds is 3. The van der Waals surface area contributed by atoms with Crippen LogP contribution in [0.5, 0.6) is 0 Å². The van der Waals surface area contributed by atoms with Crippen LogP contribution in [0.15, 0.2) is 30.6 Å². The monoisotopic (exact) mass is 232 g/mol. The van der Waals surface area contributed by atoms with Gasteiger partial charge in [-0.3, -0.25) is 10.2 Å². The lowest BCUT2D eigenvalue weighted by molar-refractivity contribution is -0.124. The smallest absolute Gasteiger partial charge is 0.245 e. The van der Waals surface area contributed by atoms with Gasteiger partial charge < -0.3 is 5.73 Å². The Hall–Kier alpha value is -1.88. The number of fused-ring (bicyclic) bond motifs is 1. The summed E-state index contributed by atoms with van der Waals surface area (Å²) in [5.74, 6) is -0.122. The van der Waals surface area contributed by atoms with Gasteiger partial charge in [-0.05, 0) is 26.0 Å². The molecule has 0 aliphatic carbocycles. The van der Waals surface area contributed by atoms with Crippen molar-refractivity contribution >= 4 is 16.9 Å². The number of amides is 1. The van der Waals surface area contributed by atoms with Crippen molar-refractivity contribution in [1.29, 1.82) is 0 Å². The van der Waals surface area contributed by atoms with Crippen molar-refractivity contribution in [2.75, 3.05) is 12.0 Å². The van der Waals surface area contributed by atoms with Gasteiger partial charge in [0.05, 0.1) is 16.4 Å². The lowest BCUT2D eigenvalue weighted by Crippen LogP contribution is -2.40. The van der Waals surface area contributed by atoms with E-state index < -0.39 is 5.41 Å². The fourth-order valence-electron chi connectivity index (χ4n) is 1.40. The fraction of sp³-hybridized carbons (Fsp3) is 0.333. The minimum atomic E-state index is -0.592. The van der Waals surface area contributed by atoms with E-state index in [1.165, 1.54) is 0 Å². The van der Waals surface area contributed by atoms with Crippen LogP contribution in [-0.2, 0) is 4.79 Å². The quantitative estimate of drug-likeness (QED) is 0.832. The molecule has 1 aromatic carbocycles. The zero-order valence-corrected chi connectivity index (χ0v) is 9.97. The molecule has 90 valence electrons. The minimum absolute atomic E-state index is 0.122. The number of imidazole rings is 1. The number of benzene rings is 1. The number of hydrogen-bond donors (Lipinski definition) is 2. The lowest BCUT2D eigenvalue weighted by Gasteiger charge is -2.21. The second-order valence-corrected chi connectivity index (χ2v) is 4.63. The number of nitrogens with one attached hydrogen (secondary N) is 1. The summed E-state index contributed by atoms with van der Waals surface area (Å²) in [6.07, 6.45) is 1.59. The molecular weight excluding hydrogens is 216 g/mol. The first-order valence-corrected chi connectivity index (χ1v) is 5.48. The molecule has 0 fully saturated rings. The lowest BCUT2D eigenvalue weighted by atomic mass is 9.93. The molecule has 3 N–H and O–H groups in total. The van der Waals surface area contributed by atoms with Crippen molar-refractivity contribution in [3.63, 3.8) is 0 Å². The molecule has 2 aromatic rings. The molecule has 0 spiro atoms. The number of hydrogen-bond acceptors (Lipinski definition) is 3. The molecule has 0 aliphatic heterocycles. The average molecular weight is 232 g/mol. The molecule has 17 heavy (non-hydrogen) atoms. The molecule has 5 nitrogen and oxygen atoms in total. The first-order chi connectivity index (χ1) is 8.04. The van der Waals surface area contributed by atoms with E-state index in [0.29, 0.717) is 6.54 Å². The standard InChI is InChI=1S/C12H16N4O/c1-12(2,7-13)11(17)15-16-8-14-9-5-3-4-6-10(9)16/h3-6,8H,7,13H2,1-2H3,(H,15,17). The second kappa shape index (κ2) is 4.18. The van der Waals surface area contributed by atoms with Crippen LogP contribution in [0.4, 0.5) is 0 Å². The molecule has 1 aromatic heterocycles. The summed E-state index contributed by atoms with van der Waals surface area (Å²) in [4.78, 5) is 16.2. The molecule has 2 rings (SSSR count). The minimum Gasteiger partial charge on any atom is -0.329 e. The number of aromatic nitrogens is 2. The predicted molar refractivity (Wildman–Crippen MR) is 66.9 cm³/mol. The maximum Gasteiger partial charge on any atom is 0.245 e. The first-order valence-electron chi connectivity index (χ1n) is 5.48. The maximum atomic E-state index is 12.0. The molecule has 0 saturated carbocycles. The molecular formula is C12H16N4O. The molecule has 0 atom stereocenters. The van der Waals surface area contributed by atoms with E-state index in [-0.39, 0.29) is 5.91 Å². The molecule has 1 amide bonds. The molecule has 0 bridgehead atoms. The summed E-state index contributed by atoms with van der Waals surface area (Å²) in [5, 5.41) is 0. The average Bonchev–Trinajstić information content (AvgIpc) is 2.73. The third-order valence-electron chi connectivity index (χ3n) is 2.80. The highest BCUT2D eigenvalue weighted by molar-refractivity contribution is 5.90. The van der Waals surface area contributed by atoms with Crippen LogP contribution in [0, 0.1) is 5.41 Å². The van der Waals surface area contributed by atoms with Crippen molar-refractivity contribution in [2.45, 2.75) is 13.8 Å². The molecule has 0 aliphatic rings. The Morgan fingerprint density at radius 1 is 1.47 bits per heavy atom. The molecule has 5 heteroatoms.